The zero-order chi connectivity index (χ0) is 21.3. The van der Waals surface area contributed by atoms with E-state index in [0.29, 0.717) is 22.2 Å². The Labute approximate surface area is 196 Å². The second kappa shape index (κ2) is 11.7. The van der Waals surface area contributed by atoms with Gasteiger partial charge in [-0.25, -0.2) is 0 Å². The molecule has 0 aromatic heterocycles. The lowest BCUT2D eigenvalue weighted by Crippen LogP contribution is -2.25. The number of carbonyl (C=O) groups excluding carboxylic acids is 1. The summed E-state index contributed by atoms with van der Waals surface area (Å²) in [5, 5.41) is 4.33. The summed E-state index contributed by atoms with van der Waals surface area (Å²) in [5.74, 6) is 2.34. The van der Waals surface area contributed by atoms with Crippen molar-refractivity contribution in [2.24, 2.45) is 0 Å². The highest BCUT2D eigenvalue weighted by Gasteiger charge is 2.07. The number of carbonyl (C=O) groups is 1. The Morgan fingerprint density at radius 2 is 1.57 bits per heavy atom. The molecule has 0 spiro atoms. The second-order valence-electron chi connectivity index (χ2n) is 6.81. The van der Waals surface area contributed by atoms with Gasteiger partial charge >= 0.3 is 0 Å². The van der Waals surface area contributed by atoms with Crippen LogP contribution in [0, 0.1) is 6.92 Å². The van der Waals surface area contributed by atoms with Crippen molar-refractivity contribution in [3.63, 3.8) is 0 Å². The number of rotatable bonds is 9. The monoisotopic (exact) mass is 475 g/mol. The first-order valence-electron chi connectivity index (χ1n) is 9.60. The fourth-order valence-corrected chi connectivity index (χ4v) is 5.19. The van der Waals surface area contributed by atoms with Crippen molar-refractivity contribution in [1.29, 1.82) is 0 Å². The summed E-state index contributed by atoms with van der Waals surface area (Å²) in [7, 11) is 0. The zero-order valence-electron chi connectivity index (χ0n) is 16.7. The molecule has 0 aliphatic carbocycles. The Kier molecular flexibility index (Phi) is 9.01. The summed E-state index contributed by atoms with van der Waals surface area (Å²) in [5.41, 5.74) is 4.08. The van der Waals surface area contributed by atoms with Crippen molar-refractivity contribution in [2.45, 2.75) is 23.3 Å². The van der Waals surface area contributed by atoms with E-state index in [-0.39, 0.29) is 5.91 Å². The number of benzene rings is 3. The smallest absolute Gasteiger partial charge is 0.251 e. The van der Waals surface area contributed by atoms with Gasteiger partial charge in [0.1, 0.15) is 0 Å². The lowest BCUT2D eigenvalue weighted by molar-refractivity contribution is 0.0956. The van der Waals surface area contributed by atoms with Crippen LogP contribution in [0.15, 0.2) is 71.6 Å². The molecule has 3 aromatic carbocycles. The lowest BCUT2D eigenvalue weighted by atomic mass is 10.1. The normalized spacial score (nSPS) is 10.8. The van der Waals surface area contributed by atoms with Crippen LogP contribution >= 0.6 is 46.7 Å². The van der Waals surface area contributed by atoms with Gasteiger partial charge in [0, 0.05) is 44.3 Å². The van der Waals surface area contributed by atoms with Gasteiger partial charge in [0.05, 0.1) is 0 Å². The molecule has 3 aromatic rings. The first kappa shape index (κ1) is 23.1. The number of aryl methyl sites for hydroxylation is 1. The summed E-state index contributed by atoms with van der Waals surface area (Å²) in [4.78, 5) is 13.6. The van der Waals surface area contributed by atoms with Gasteiger partial charge in [0.15, 0.2) is 0 Å². The molecule has 0 heterocycles. The molecule has 0 aliphatic heterocycles. The third-order valence-electron chi connectivity index (χ3n) is 4.48. The van der Waals surface area contributed by atoms with Crippen molar-refractivity contribution in [3.05, 3.63) is 99.0 Å². The fourth-order valence-electron chi connectivity index (χ4n) is 2.74. The molecule has 1 N–H and O–H groups in total. The van der Waals surface area contributed by atoms with Gasteiger partial charge in [0.25, 0.3) is 5.91 Å². The van der Waals surface area contributed by atoms with Crippen LogP contribution < -0.4 is 5.32 Å². The maximum absolute atomic E-state index is 12.3. The van der Waals surface area contributed by atoms with Gasteiger partial charge in [0.2, 0.25) is 0 Å². The van der Waals surface area contributed by atoms with E-state index < -0.39 is 0 Å². The van der Waals surface area contributed by atoms with Crippen LogP contribution in [0.4, 0.5) is 0 Å². The van der Waals surface area contributed by atoms with Crippen molar-refractivity contribution in [3.8, 4) is 0 Å². The third-order valence-corrected chi connectivity index (χ3v) is 7.26. The lowest BCUT2D eigenvalue weighted by Gasteiger charge is -2.08. The van der Waals surface area contributed by atoms with E-state index in [1.807, 2.05) is 42.5 Å². The topological polar surface area (TPSA) is 29.1 Å². The van der Waals surface area contributed by atoms with E-state index in [1.165, 1.54) is 16.0 Å². The highest BCUT2D eigenvalue weighted by atomic mass is 35.5. The molecule has 0 unspecified atom stereocenters. The Morgan fingerprint density at radius 3 is 2.23 bits per heavy atom. The Bertz CT molecular complexity index is 955. The summed E-state index contributed by atoms with van der Waals surface area (Å²) in [6.45, 7) is 2.68. The number of thioether (sulfide) groups is 2. The Hall–Kier alpha value is -1.59. The average Bonchev–Trinajstić information content (AvgIpc) is 2.75. The molecule has 3 rings (SSSR count). The van der Waals surface area contributed by atoms with Gasteiger partial charge in [-0.1, -0.05) is 59.1 Å². The Morgan fingerprint density at radius 1 is 0.900 bits per heavy atom. The minimum Gasteiger partial charge on any atom is -0.351 e. The highest BCUT2D eigenvalue weighted by Crippen LogP contribution is 2.28. The fraction of sp³-hybridized carbons (Fsp3) is 0.208. The van der Waals surface area contributed by atoms with E-state index in [4.69, 9.17) is 23.2 Å². The molecule has 0 saturated carbocycles. The number of amides is 1. The van der Waals surface area contributed by atoms with Crippen LogP contribution in [0.25, 0.3) is 0 Å². The molecule has 0 atom stereocenters. The first-order valence-corrected chi connectivity index (χ1v) is 12.5. The standard InChI is InChI=1S/C24H23Cl2NOS2/c1-17-5-11-20(12-6-17)30-15-18-7-9-19(10-8-18)24(28)27-13-14-29-16-21-22(25)3-2-4-23(21)26/h2-12H,13-16H2,1H3,(H,27,28). The molecule has 0 radical (unpaired) electrons. The summed E-state index contributed by atoms with van der Waals surface area (Å²) in [6.07, 6.45) is 0. The summed E-state index contributed by atoms with van der Waals surface area (Å²) in [6, 6.07) is 21.9. The van der Waals surface area contributed by atoms with Crippen LogP contribution in [-0.4, -0.2) is 18.2 Å². The second-order valence-corrected chi connectivity index (χ2v) is 9.78. The van der Waals surface area contributed by atoms with Gasteiger partial charge in [-0.05, 0) is 54.4 Å². The van der Waals surface area contributed by atoms with Crippen LogP contribution in [0.1, 0.15) is 27.0 Å². The molecule has 6 heteroatoms. The van der Waals surface area contributed by atoms with E-state index in [1.54, 1.807) is 23.5 Å². The predicted molar refractivity (Wildman–Crippen MR) is 132 cm³/mol. The van der Waals surface area contributed by atoms with Crippen molar-refractivity contribution in [1.82, 2.24) is 5.32 Å². The van der Waals surface area contributed by atoms with Crippen molar-refractivity contribution in [2.75, 3.05) is 12.3 Å². The number of halogens is 2. The number of hydrogen-bond acceptors (Lipinski definition) is 3. The molecule has 0 aliphatic rings. The van der Waals surface area contributed by atoms with Crippen LogP contribution in [0.5, 0.6) is 0 Å². The third kappa shape index (κ3) is 6.98. The zero-order valence-corrected chi connectivity index (χ0v) is 19.8. The summed E-state index contributed by atoms with van der Waals surface area (Å²) >= 11 is 15.8. The molecular weight excluding hydrogens is 453 g/mol. The van der Waals surface area contributed by atoms with Gasteiger partial charge in [-0.3, -0.25) is 4.79 Å². The quantitative estimate of drug-likeness (QED) is 0.260. The number of nitrogens with one attached hydrogen (secondary N) is 1. The molecular formula is C24H23Cl2NOS2. The molecule has 156 valence electrons. The van der Waals surface area contributed by atoms with E-state index in [0.717, 1.165) is 22.8 Å². The van der Waals surface area contributed by atoms with Gasteiger partial charge < -0.3 is 5.32 Å². The van der Waals surface area contributed by atoms with Gasteiger partial charge in [-0.15, -0.1) is 11.8 Å². The van der Waals surface area contributed by atoms with Crippen molar-refractivity contribution >= 4 is 52.6 Å². The first-order chi connectivity index (χ1) is 14.5. The average molecular weight is 476 g/mol. The van der Waals surface area contributed by atoms with Crippen LogP contribution in [0.2, 0.25) is 10.0 Å². The minimum absolute atomic E-state index is 0.0517. The van der Waals surface area contributed by atoms with E-state index >= 15 is 0 Å². The SMILES string of the molecule is Cc1ccc(SCc2ccc(C(=O)NCCSCc3c(Cl)cccc3Cl)cc2)cc1. The predicted octanol–water partition coefficient (Wildman–Crippen LogP) is 7.26. The van der Waals surface area contributed by atoms with Crippen LogP contribution in [-0.2, 0) is 11.5 Å². The van der Waals surface area contributed by atoms with Gasteiger partial charge in [-0.2, -0.15) is 11.8 Å². The maximum atomic E-state index is 12.3. The molecule has 2 nitrogen and oxygen atoms in total. The van der Waals surface area contributed by atoms with E-state index in [2.05, 4.69) is 36.5 Å². The van der Waals surface area contributed by atoms with Crippen molar-refractivity contribution < 1.29 is 4.79 Å². The molecule has 0 saturated heterocycles. The van der Waals surface area contributed by atoms with E-state index in [9.17, 15) is 4.79 Å². The van der Waals surface area contributed by atoms with Crippen LogP contribution in [0.3, 0.4) is 0 Å². The highest BCUT2D eigenvalue weighted by molar-refractivity contribution is 7.98. The maximum Gasteiger partial charge on any atom is 0.251 e. The minimum atomic E-state index is -0.0517. The molecule has 30 heavy (non-hydrogen) atoms. The molecule has 1 amide bonds. The molecule has 0 bridgehead atoms. The molecule has 0 fully saturated rings. The summed E-state index contributed by atoms with van der Waals surface area (Å²) < 4.78 is 0. The largest absolute Gasteiger partial charge is 0.351 e. The Balaban J connectivity index is 1.39. The number of hydrogen-bond donors (Lipinski definition) is 1.